The number of aromatic hydroxyl groups is 1. The third-order valence-electron chi connectivity index (χ3n) is 1.72. The third kappa shape index (κ3) is 2.23. The molecular formula is C9H8BrFO3. The smallest absolute Gasteiger partial charge is 0.310 e. The van der Waals surface area contributed by atoms with Crippen molar-refractivity contribution in [3.63, 3.8) is 0 Å². The average molecular weight is 263 g/mol. The molecule has 1 N–H and O–H groups in total. The number of phenols is 1. The fourth-order valence-electron chi connectivity index (χ4n) is 0.967. The monoisotopic (exact) mass is 262 g/mol. The van der Waals surface area contributed by atoms with Gasteiger partial charge in [0.15, 0.2) is 0 Å². The number of carbonyl (C=O) groups excluding carboxylic acids is 1. The molecule has 0 saturated heterocycles. The minimum Gasteiger partial charge on any atom is -0.508 e. The molecule has 0 atom stereocenters. The molecule has 0 unspecified atom stereocenters. The number of ether oxygens (including phenoxy) is 1. The number of hydrogen-bond donors (Lipinski definition) is 1. The maximum absolute atomic E-state index is 13.0. The van der Waals surface area contributed by atoms with E-state index in [-0.39, 0.29) is 22.2 Å². The molecule has 0 saturated carbocycles. The van der Waals surface area contributed by atoms with Crippen LogP contribution in [0.15, 0.2) is 16.6 Å². The van der Waals surface area contributed by atoms with Crippen LogP contribution in [0.1, 0.15) is 5.56 Å². The molecule has 76 valence electrons. The van der Waals surface area contributed by atoms with Gasteiger partial charge in [0.1, 0.15) is 11.6 Å². The molecule has 0 amide bonds. The van der Waals surface area contributed by atoms with Gasteiger partial charge in [0.2, 0.25) is 0 Å². The van der Waals surface area contributed by atoms with E-state index in [2.05, 4.69) is 20.7 Å². The Bertz CT molecular complexity index is 365. The van der Waals surface area contributed by atoms with Crippen LogP contribution in [0.2, 0.25) is 0 Å². The summed E-state index contributed by atoms with van der Waals surface area (Å²) in [5.74, 6) is -1.20. The minimum atomic E-state index is -0.536. The standard InChI is InChI=1S/C9H8BrFO3/c1-14-8(13)4-5-7(12)3-2-6(11)9(5)10/h2-3,12H,4H2,1H3. The number of phenolic OH excluding ortho intramolecular Hbond substituents is 1. The van der Waals surface area contributed by atoms with Gasteiger partial charge >= 0.3 is 5.97 Å². The van der Waals surface area contributed by atoms with Gasteiger partial charge in [-0.2, -0.15) is 0 Å². The van der Waals surface area contributed by atoms with Crippen molar-refractivity contribution < 1.29 is 19.0 Å². The zero-order valence-electron chi connectivity index (χ0n) is 7.38. The summed E-state index contributed by atoms with van der Waals surface area (Å²) in [4.78, 5) is 10.9. The van der Waals surface area contributed by atoms with E-state index in [9.17, 15) is 14.3 Å². The molecule has 1 rings (SSSR count). The SMILES string of the molecule is COC(=O)Cc1c(O)ccc(F)c1Br. The van der Waals surface area contributed by atoms with Crippen molar-refractivity contribution in [2.75, 3.05) is 7.11 Å². The first-order valence-electron chi connectivity index (χ1n) is 3.79. The summed E-state index contributed by atoms with van der Waals surface area (Å²) < 4.78 is 17.5. The van der Waals surface area contributed by atoms with Gasteiger partial charge < -0.3 is 9.84 Å². The van der Waals surface area contributed by atoms with Crippen LogP contribution in [0.25, 0.3) is 0 Å². The zero-order chi connectivity index (χ0) is 10.7. The van der Waals surface area contributed by atoms with E-state index in [1.165, 1.54) is 13.2 Å². The van der Waals surface area contributed by atoms with Crippen molar-refractivity contribution in [2.24, 2.45) is 0 Å². The van der Waals surface area contributed by atoms with E-state index in [1.807, 2.05) is 0 Å². The van der Waals surface area contributed by atoms with Crippen LogP contribution in [-0.4, -0.2) is 18.2 Å². The van der Waals surface area contributed by atoms with Gasteiger partial charge in [0.05, 0.1) is 18.0 Å². The molecule has 14 heavy (non-hydrogen) atoms. The molecule has 0 heterocycles. The lowest BCUT2D eigenvalue weighted by molar-refractivity contribution is -0.139. The zero-order valence-corrected chi connectivity index (χ0v) is 8.97. The van der Waals surface area contributed by atoms with E-state index < -0.39 is 11.8 Å². The normalized spacial score (nSPS) is 9.93. The molecule has 0 radical (unpaired) electrons. The highest BCUT2D eigenvalue weighted by Gasteiger charge is 2.14. The number of esters is 1. The second kappa shape index (κ2) is 4.41. The van der Waals surface area contributed by atoms with Crippen LogP contribution in [0.3, 0.4) is 0 Å². The lowest BCUT2D eigenvalue weighted by atomic mass is 10.1. The van der Waals surface area contributed by atoms with E-state index in [0.29, 0.717) is 0 Å². The topological polar surface area (TPSA) is 46.5 Å². The minimum absolute atomic E-state index is 0.0860. The van der Waals surface area contributed by atoms with E-state index in [0.717, 1.165) is 6.07 Å². The van der Waals surface area contributed by atoms with Crippen LogP contribution in [0.4, 0.5) is 4.39 Å². The first kappa shape index (κ1) is 11.0. The molecule has 0 aliphatic heterocycles. The average Bonchev–Trinajstić information content (AvgIpc) is 2.18. The lowest BCUT2D eigenvalue weighted by Crippen LogP contribution is -2.05. The van der Waals surface area contributed by atoms with Crippen LogP contribution >= 0.6 is 15.9 Å². The number of rotatable bonds is 2. The van der Waals surface area contributed by atoms with Crippen molar-refractivity contribution in [1.29, 1.82) is 0 Å². The molecular weight excluding hydrogens is 255 g/mol. The summed E-state index contributed by atoms with van der Waals surface area (Å²) in [6, 6.07) is 2.30. The summed E-state index contributed by atoms with van der Waals surface area (Å²) in [6.07, 6.45) is -0.166. The quantitative estimate of drug-likeness (QED) is 0.830. The highest BCUT2D eigenvalue weighted by molar-refractivity contribution is 9.10. The van der Waals surface area contributed by atoms with Gasteiger partial charge in [-0.3, -0.25) is 4.79 Å². The van der Waals surface area contributed by atoms with E-state index >= 15 is 0 Å². The Morgan fingerprint density at radius 2 is 2.29 bits per heavy atom. The first-order chi connectivity index (χ1) is 6.56. The summed E-state index contributed by atoms with van der Waals surface area (Å²) >= 11 is 2.95. The molecule has 0 aliphatic carbocycles. The summed E-state index contributed by atoms with van der Waals surface area (Å²) in [5, 5.41) is 9.36. The van der Waals surface area contributed by atoms with Gasteiger partial charge in [0, 0.05) is 5.56 Å². The van der Waals surface area contributed by atoms with Crippen LogP contribution in [0.5, 0.6) is 5.75 Å². The molecule has 5 heteroatoms. The maximum Gasteiger partial charge on any atom is 0.310 e. The van der Waals surface area contributed by atoms with Gasteiger partial charge in [-0.15, -0.1) is 0 Å². The molecule has 1 aromatic rings. The molecule has 0 aliphatic rings. The van der Waals surface area contributed by atoms with Crippen molar-refractivity contribution in [2.45, 2.75) is 6.42 Å². The largest absolute Gasteiger partial charge is 0.508 e. The third-order valence-corrected chi connectivity index (χ3v) is 2.58. The van der Waals surface area contributed by atoms with Gasteiger partial charge in [0.25, 0.3) is 0 Å². The predicted molar refractivity (Wildman–Crippen MR) is 51.5 cm³/mol. The fourth-order valence-corrected chi connectivity index (χ4v) is 1.44. The predicted octanol–water partition coefficient (Wildman–Crippen LogP) is 2.01. The van der Waals surface area contributed by atoms with Crippen LogP contribution < -0.4 is 0 Å². The molecule has 3 nitrogen and oxygen atoms in total. The fraction of sp³-hybridized carbons (Fsp3) is 0.222. The molecule has 0 spiro atoms. The number of hydrogen-bond acceptors (Lipinski definition) is 3. The summed E-state index contributed by atoms with van der Waals surface area (Å²) in [5.41, 5.74) is 0.192. The van der Waals surface area contributed by atoms with Crippen LogP contribution in [0, 0.1) is 5.82 Å². The molecule has 0 fully saturated rings. The van der Waals surface area contributed by atoms with E-state index in [1.54, 1.807) is 0 Å². The Labute approximate surface area is 88.6 Å². The number of carbonyl (C=O) groups is 1. The number of methoxy groups -OCH3 is 1. The van der Waals surface area contributed by atoms with E-state index in [4.69, 9.17) is 0 Å². The highest BCUT2D eigenvalue weighted by Crippen LogP contribution is 2.29. The molecule has 0 bridgehead atoms. The Kier molecular flexibility index (Phi) is 3.46. The second-order valence-corrected chi connectivity index (χ2v) is 3.40. The first-order valence-corrected chi connectivity index (χ1v) is 4.58. The Morgan fingerprint density at radius 3 is 2.86 bits per heavy atom. The van der Waals surface area contributed by atoms with Crippen molar-refractivity contribution in [1.82, 2.24) is 0 Å². The molecule has 0 aromatic heterocycles. The summed E-state index contributed by atoms with van der Waals surface area (Å²) in [6.45, 7) is 0. The number of benzene rings is 1. The van der Waals surface area contributed by atoms with Crippen molar-refractivity contribution in [3.05, 3.63) is 28.0 Å². The van der Waals surface area contributed by atoms with Gasteiger partial charge in [-0.1, -0.05) is 0 Å². The Morgan fingerprint density at radius 1 is 1.64 bits per heavy atom. The van der Waals surface area contributed by atoms with Crippen molar-refractivity contribution in [3.8, 4) is 5.75 Å². The second-order valence-electron chi connectivity index (χ2n) is 2.61. The Balaban J connectivity index is 3.06. The molecule has 1 aromatic carbocycles. The van der Waals surface area contributed by atoms with Crippen LogP contribution in [-0.2, 0) is 16.0 Å². The number of halogens is 2. The van der Waals surface area contributed by atoms with Gasteiger partial charge in [-0.05, 0) is 28.1 Å². The maximum atomic E-state index is 13.0. The Hall–Kier alpha value is -1.10. The lowest BCUT2D eigenvalue weighted by Gasteiger charge is -2.06. The van der Waals surface area contributed by atoms with Gasteiger partial charge in [-0.25, -0.2) is 4.39 Å². The van der Waals surface area contributed by atoms with Crippen molar-refractivity contribution >= 4 is 21.9 Å². The summed E-state index contributed by atoms with van der Waals surface area (Å²) in [7, 11) is 1.23. The highest BCUT2D eigenvalue weighted by atomic mass is 79.9.